The standard InChI is InChI=1S/C13H18O4/c1-8-7-11(17-3)13(16)10(9(8)2)5-4-6-12(14)15/h7,16H,4-6H2,1-3H3,(H,14,15). The maximum atomic E-state index is 10.5. The first-order valence-corrected chi connectivity index (χ1v) is 5.55. The van der Waals surface area contributed by atoms with Crippen molar-refractivity contribution in [1.82, 2.24) is 0 Å². The highest BCUT2D eigenvalue weighted by Gasteiger charge is 2.13. The lowest BCUT2D eigenvalue weighted by Gasteiger charge is -2.14. The smallest absolute Gasteiger partial charge is 0.303 e. The van der Waals surface area contributed by atoms with E-state index in [0.717, 1.165) is 16.7 Å². The molecular formula is C13H18O4. The van der Waals surface area contributed by atoms with E-state index in [1.165, 1.54) is 7.11 Å². The fourth-order valence-corrected chi connectivity index (χ4v) is 1.82. The predicted molar refractivity (Wildman–Crippen MR) is 64.7 cm³/mol. The lowest BCUT2D eigenvalue weighted by atomic mass is 9.97. The molecule has 1 aromatic rings. The van der Waals surface area contributed by atoms with E-state index >= 15 is 0 Å². The molecule has 0 aliphatic heterocycles. The molecule has 0 bridgehead atoms. The molecule has 0 spiro atoms. The molecule has 1 aromatic carbocycles. The number of aryl methyl sites for hydroxylation is 1. The van der Waals surface area contributed by atoms with Crippen LogP contribution in [0.1, 0.15) is 29.5 Å². The first-order valence-electron chi connectivity index (χ1n) is 5.55. The van der Waals surface area contributed by atoms with Crippen LogP contribution in [0.3, 0.4) is 0 Å². The summed E-state index contributed by atoms with van der Waals surface area (Å²) in [6, 6.07) is 1.78. The van der Waals surface area contributed by atoms with Crippen LogP contribution in [0.5, 0.6) is 11.5 Å². The van der Waals surface area contributed by atoms with Crippen molar-refractivity contribution in [3.63, 3.8) is 0 Å². The average Bonchev–Trinajstić information content (AvgIpc) is 2.27. The molecule has 0 saturated carbocycles. The molecule has 94 valence electrons. The van der Waals surface area contributed by atoms with E-state index in [1.54, 1.807) is 6.07 Å². The van der Waals surface area contributed by atoms with Gasteiger partial charge in [0.2, 0.25) is 0 Å². The highest BCUT2D eigenvalue weighted by molar-refractivity contribution is 5.66. The second-order valence-electron chi connectivity index (χ2n) is 4.10. The number of hydrogen-bond acceptors (Lipinski definition) is 3. The van der Waals surface area contributed by atoms with Gasteiger partial charge in [-0.15, -0.1) is 0 Å². The van der Waals surface area contributed by atoms with Crippen molar-refractivity contribution in [2.75, 3.05) is 7.11 Å². The van der Waals surface area contributed by atoms with Crippen LogP contribution >= 0.6 is 0 Å². The molecule has 1 rings (SSSR count). The largest absolute Gasteiger partial charge is 0.504 e. The first kappa shape index (κ1) is 13.4. The minimum atomic E-state index is -0.818. The quantitative estimate of drug-likeness (QED) is 0.826. The van der Waals surface area contributed by atoms with Gasteiger partial charge in [0.15, 0.2) is 11.5 Å². The number of carbonyl (C=O) groups is 1. The maximum Gasteiger partial charge on any atom is 0.303 e. The Morgan fingerprint density at radius 2 is 2.06 bits per heavy atom. The van der Waals surface area contributed by atoms with Crippen molar-refractivity contribution in [2.45, 2.75) is 33.1 Å². The molecule has 0 aliphatic carbocycles. The zero-order chi connectivity index (χ0) is 13.0. The molecule has 0 radical (unpaired) electrons. The van der Waals surface area contributed by atoms with Crippen LogP contribution in [0.2, 0.25) is 0 Å². The summed E-state index contributed by atoms with van der Waals surface area (Å²) in [7, 11) is 1.50. The van der Waals surface area contributed by atoms with E-state index in [1.807, 2.05) is 13.8 Å². The minimum Gasteiger partial charge on any atom is -0.504 e. The van der Waals surface area contributed by atoms with E-state index in [0.29, 0.717) is 18.6 Å². The van der Waals surface area contributed by atoms with Crippen LogP contribution in [-0.4, -0.2) is 23.3 Å². The van der Waals surface area contributed by atoms with E-state index in [4.69, 9.17) is 9.84 Å². The fraction of sp³-hybridized carbons (Fsp3) is 0.462. The van der Waals surface area contributed by atoms with E-state index in [-0.39, 0.29) is 12.2 Å². The normalized spacial score (nSPS) is 10.3. The van der Waals surface area contributed by atoms with Crippen LogP contribution < -0.4 is 4.74 Å². The summed E-state index contributed by atoms with van der Waals surface area (Å²) >= 11 is 0. The lowest BCUT2D eigenvalue weighted by molar-refractivity contribution is -0.137. The second kappa shape index (κ2) is 5.57. The molecule has 0 atom stereocenters. The summed E-state index contributed by atoms with van der Waals surface area (Å²) in [5, 5.41) is 18.6. The van der Waals surface area contributed by atoms with Gasteiger partial charge in [-0.05, 0) is 43.9 Å². The lowest BCUT2D eigenvalue weighted by Crippen LogP contribution is -2.00. The summed E-state index contributed by atoms with van der Waals surface area (Å²) < 4.78 is 5.08. The number of rotatable bonds is 5. The van der Waals surface area contributed by atoms with Gasteiger partial charge < -0.3 is 14.9 Å². The van der Waals surface area contributed by atoms with Crippen LogP contribution in [-0.2, 0) is 11.2 Å². The van der Waals surface area contributed by atoms with Gasteiger partial charge in [-0.3, -0.25) is 4.79 Å². The Hall–Kier alpha value is -1.71. The molecule has 0 fully saturated rings. The van der Waals surface area contributed by atoms with Crippen LogP contribution in [0.4, 0.5) is 0 Å². The number of methoxy groups -OCH3 is 1. The maximum absolute atomic E-state index is 10.5. The third-order valence-corrected chi connectivity index (χ3v) is 2.95. The molecule has 0 amide bonds. The van der Waals surface area contributed by atoms with Gasteiger partial charge in [-0.1, -0.05) is 0 Å². The number of aliphatic carboxylic acids is 1. The molecule has 4 nitrogen and oxygen atoms in total. The fourth-order valence-electron chi connectivity index (χ4n) is 1.82. The zero-order valence-electron chi connectivity index (χ0n) is 10.4. The third-order valence-electron chi connectivity index (χ3n) is 2.95. The molecule has 0 heterocycles. The van der Waals surface area contributed by atoms with E-state index in [2.05, 4.69) is 0 Å². The van der Waals surface area contributed by atoms with Gasteiger partial charge in [-0.25, -0.2) is 0 Å². The number of carboxylic acids is 1. The predicted octanol–water partition coefficient (Wildman–Crippen LogP) is 2.42. The number of phenols is 1. The number of phenolic OH excluding ortho intramolecular Hbond substituents is 1. The Kier molecular flexibility index (Phi) is 4.37. The van der Waals surface area contributed by atoms with Gasteiger partial charge in [0.1, 0.15) is 0 Å². The Bertz CT molecular complexity index is 424. The van der Waals surface area contributed by atoms with Gasteiger partial charge in [0.05, 0.1) is 7.11 Å². The van der Waals surface area contributed by atoms with Gasteiger partial charge in [-0.2, -0.15) is 0 Å². The number of aromatic hydroxyl groups is 1. The highest BCUT2D eigenvalue weighted by Crippen LogP contribution is 2.35. The van der Waals surface area contributed by atoms with Crippen molar-refractivity contribution >= 4 is 5.97 Å². The van der Waals surface area contributed by atoms with Gasteiger partial charge in [0, 0.05) is 12.0 Å². The summed E-state index contributed by atoms with van der Waals surface area (Å²) in [4.78, 5) is 10.5. The molecule has 0 saturated heterocycles. The molecule has 0 aliphatic rings. The summed E-state index contributed by atoms with van der Waals surface area (Å²) in [5.41, 5.74) is 2.81. The molecule has 17 heavy (non-hydrogen) atoms. The summed E-state index contributed by atoms with van der Waals surface area (Å²) in [6.07, 6.45) is 1.16. The van der Waals surface area contributed by atoms with Crippen molar-refractivity contribution < 1.29 is 19.7 Å². The van der Waals surface area contributed by atoms with Crippen LogP contribution in [0.25, 0.3) is 0 Å². The molecule has 0 unspecified atom stereocenters. The zero-order valence-corrected chi connectivity index (χ0v) is 10.4. The number of carboxylic acid groups (broad SMARTS) is 1. The van der Waals surface area contributed by atoms with Crippen molar-refractivity contribution in [1.29, 1.82) is 0 Å². The molecule has 0 aromatic heterocycles. The van der Waals surface area contributed by atoms with Crippen LogP contribution in [0.15, 0.2) is 6.07 Å². The Balaban J connectivity index is 2.96. The van der Waals surface area contributed by atoms with Crippen LogP contribution in [0, 0.1) is 13.8 Å². The van der Waals surface area contributed by atoms with Gasteiger partial charge in [0.25, 0.3) is 0 Å². The van der Waals surface area contributed by atoms with E-state index in [9.17, 15) is 9.90 Å². The summed E-state index contributed by atoms with van der Waals surface area (Å²) in [5.74, 6) is -0.249. The number of hydrogen-bond donors (Lipinski definition) is 2. The van der Waals surface area contributed by atoms with Crippen molar-refractivity contribution in [2.24, 2.45) is 0 Å². The number of ether oxygens (including phenoxy) is 1. The Morgan fingerprint density at radius 3 is 2.59 bits per heavy atom. The Labute approximate surface area is 101 Å². The SMILES string of the molecule is COc1cc(C)c(C)c(CCCC(=O)O)c1O. The first-order chi connectivity index (χ1) is 7.97. The second-order valence-corrected chi connectivity index (χ2v) is 4.10. The number of benzene rings is 1. The van der Waals surface area contributed by atoms with Crippen molar-refractivity contribution in [3.05, 3.63) is 22.8 Å². The highest BCUT2D eigenvalue weighted by atomic mass is 16.5. The molecular weight excluding hydrogens is 220 g/mol. The van der Waals surface area contributed by atoms with Crippen molar-refractivity contribution in [3.8, 4) is 11.5 Å². The average molecular weight is 238 g/mol. The van der Waals surface area contributed by atoms with E-state index < -0.39 is 5.97 Å². The monoisotopic (exact) mass is 238 g/mol. The van der Waals surface area contributed by atoms with Gasteiger partial charge >= 0.3 is 5.97 Å². The topological polar surface area (TPSA) is 66.8 Å². The molecule has 2 N–H and O–H groups in total. The molecule has 4 heteroatoms. The minimum absolute atomic E-state index is 0.106. The third kappa shape index (κ3) is 3.12. The summed E-state index contributed by atoms with van der Waals surface area (Å²) in [6.45, 7) is 3.86. The Morgan fingerprint density at radius 1 is 1.41 bits per heavy atom.